The Morgan fingerprint density at radius 3 is 2.60 bits per heavy atom. The van der Waals surface area contributed by atoms with Gasteiger partial charge in [0, 0.05) is 31.6 Å². The van der Waals surface area contributed by atoms with Crippen molar-refractivity contribution in [3.63, 3.8) is 0 Å². The number of amides is 2. The SMILES string of the molecule is C#CCCC1(CCC(=O)Nc2ccc(NC(=O)C3CCC3)cn2)N=N1. The van der Waals surface area contributed by atoms with Gasteiger partial charge in [0.2, 0.25) is 11.8 Å². The summed E-state index contributed by atoms with van der Waals surface area (Å²) in [7, 11) is 0. The molecule has 25 heavy (non-hydrogen) atoms. The predicted molar refractivity (Wildman–Crippen MR) is 93.7 cm³/mol. The van der Waals surface area contributed by atoms with E-state index in [4.69, 9.17) is 6.42 Å². The minimum absolute atomic E-state index is 0.0408. The summed E-state index contributed by atoms with van der Waals surface area (Å²) in [5.41, 5.74) is 0.186. The number of hydrogen-bond acceptors (Lipinski definition) is 5. The smallest absolute Gasteiger partial charge is 0.227 e. The highest BCUT2D eigenvalue weighted by Gasteiger charge is 2.39. The number of pyridine rings is 1. The number of carbonyl (C=O) groups is 2. The zero-order chi connectivity index (χ0) is 17.7. The summed E-state index contributed by atoms with van der Waals surface area (Å²) in [4.78, 5) is 28.1. The van der Waals surface area contributed by atoms with E-state index in [1.165, 1.54) is 0 Å². The third-order valence-electron chi connectivity index (χ3n) is 4.58. The Hall–Kier alpha value is -2.75. The van der Waals surface area contributed by atoms with E-state index in [0.717, 1.165) is 19.3 Å². The van der Waals surface area contributed by atoms with Crippen LogP contribution in [0.3, 0.4) is 0 Å². The number of aromatic nitrogens is 1. The van der Waals surface area contributed by atoms with Crippen molar-refractivity contribution in [2.45, 2.75) is 50.6 Å². The molecule has 1 fully saturated rings. The lowest BCUT2D eigenvalue weighted by molar-refractivity contribution is -0.122. The van der Waals surface area contributed by atoms with Crippen molar-refractivity contribution in [3.8, 4) is 12.3 Å². The molecule has 0 atom stereocenters. The molecule has 0 saturated heterocycles. The Morgan fingerprint density at radius 1 is 1.24 bits per heavy atom. The maximum Gasteiger partial charge on any atom is 0.227 e. The third-order valence-corrected chi connectivity index (χ3v) is 4.58. The molecule has 2 N–H and O–H groups in total. The van der Waals surface area contributed by atoms with E-state index in [1.807, 2.05) is 0 Å². The average molecular weight is 339 g/mol. The van der Waals surface area contributed by atoms with Gasteiger partial charge in [-0.25, -0.2) is 4.98 Å². The highest BCUT2D eigenvalue weighted by Crippen LogP contribution is 2.37. The third kappa shape index (κ3) is 4.63. The van der Waals surface area contributed by atoms with Crippen LogP contribution in [0.15, 0.2) is 28.6 Å². The van der Waals surface area contributed by atoms with Gasteiger partial charge in [-0.1, -0.05) is 6.42 Å². The van der Waals surface area contributed by atoms with E-state index >= 15 is 0 Å². The molecule has 2 amide bonds. The highest BCUT2D eigenvalue weighted by atomic mass is 16.2. The summed E-state index contributed by atoms with van der Waals surface area (Å²) in [6, 6.07) is 3.41. The molecule has 1 aromatic rings. The first kappa shape index (κ1) is 17.1. The molecule has 0 radical (unpaired) electrons. The summed E-state index contributed by atoms with van der Waals surface area (Å²) < 4.78 is 0. The first-order chi connectivity index (χ1) is 12.1. The standard InChI is InChI=1S/C18H21N5O2/c1-2-3-10-18(22-23-18)11-9-16(24)21-15-8-7-14(12-19-15)20-17(25)13-5-4-6-13/h1,7-8,12-13H,3-6,9-11H2,(H,20,25)(H,19,21,24). The topological polar surface area (TPSA) is 95.8 Å². The summed E-state index contributed by atoms with van der Waals surface area (Å²) in [5, 5.41) is 13.6. The first-order valence-corrected chi connectivity index (χ1v) is 8.54. The van der Waals surface area contributed by atoms with E-state index in [2.05, 4.69) is 31.8 Å². The second kappa shape index (κ2) is 7.43. The molecule has 2 aliphatic rings. The average Bonchev–Trinajstić information content (AvgIpc) is 3.32. The lowest BCUT2D eigenvalue weighted by atomic mass is 9.85. The second-order valence-corrected chi connectivity index (χ2v) is 6.48. The van der Waals surface area contributed by atoms with Crippen molar-refractivity contribution >= 4 is 23.3 Å². The van der Waals surface area contributed by atoms with Crippen LogP contribution in [0.2, 0.25) is 0 Å². The highest BCUT2D eigenvalue weighted by molar-refractivity contribution is 5.93. The summed E-state index contributed by atoms with van der Waals surface area (Å²) in [6.07, 6.45) is 12.0. The molecule has 7 nitrogen and oxygen atoms in total. The van der Waals surface area contributed by atoms with Crippen molar-refractivity contribution < 1.29 is 9.59 Å². The quantitative estimate of drug-likeness (QED) is 0.712. The maximum absolute atomic E-state index is 12.0. The van der Waals surface area contributed by atoms with E-state index in [9.17, 15) is 9.59 Å². The van der Waals surface area contributed by atoms with Crippen molar-refractivity contribution in [2.75, 3.05) is 10.6 Å². The first-order valence-electron chi connectivity index (χ1n) is 8.54. The molecule has 1 aliphatic heterocycles. The fourth-order valence-electron chi connectivity index (χ4n) is 2.64. The molecule has 3 rings (SSSR count). The summed E-state index contributed by atoms with van der Waals surface area (Å²) in [5.74, 6) is 3.04. The molecular weight excluding hydrogens is 318 g/mol. The Labute approximate surface area is 146 Å². The van der Waals surface area contributed by atoms with Crippen LogP contribution in [0.5, 0.6) is 0 Å². The normalized spacial score (nSPS) is 17.2. The fraction of sp³-hybridized carbons (Fsp3) is 0.500. The second-order valence-electron chi connectivity index (χ2n) is 6.48. The number of hydrogen-bond donors (Lipinski definition) is 2. The van der Waals surface area contributed by atoms with Gasteiger partial charge in [0.15, 0.2) is 5.66 Å². The molecule has 1 aromatic heterocycles. The van der Waals surface area contributed by atoms with E-state index in [0.29, 0.717) is 37.2 Å². The number of nitrogens with zero attached hydrogens (tertiary/aromatic N) is 3. The van der Waals surface area contributed by atoms with Gasteiger partial charge in [-0.15, -0.1) is 12.3 Å². The van der Waals surface area contributed by atoms with Crippen LogP contribution < -0.4 is 10.6 Å². The van der Waals surface area contributed by atoms with Crippen LogP contribution in [0.4, 0.5) is 11.5 Å². The number of terminal acetylenes is 1. The minimum Gasteiger partial charge on any atom is -0.324 e. The van der Waals surface area contributed by atoms with Crippen LogP contribution in [0.25, 0.3) is 0 Å². The lowest BCUT2D eigenvalue weighted by Gasteiger charge is -2.23. The zero-order valence-electron chi connectivity index (χ0n) is 14.0. The zero-order valence-corrected chi connectivity index (χ0v) is 14.0. The van der Waals surface area contributed by atoms with Crippen molar-refractivity contribution in [1.82, 2.24) is 4.98 Å². The summed E-state index contributed by atoms with van der Waals surface area (Å²) >= 11 is 0. The molecule has 1 aliphatic carbocycles. The van der Waals surface area contributed by atoms with Crippen LogP contribution in [0.1, 0.15) is 44.9 Å². The Kier molecular flexibility index (Phi) is 5.08. The van der Waals surface area contributed by atoms with Gasteiger partial charge >= 0.3 is 0 Å². The fourth-order valence-corrected chi connectivity index (χ4v) is 2.64. The number of nitrogens with one attached hydrogen (secondary N) is 2. The van der Waals surface area contributed by atoms with Crippen LogP contribution >= 0.6 is 0 Å². The van der Waals surface area contributed by atoms with Crippen LogP contribution in [-0.4, -0.2) is 22.5 Å². The van der Waals surface area contributed by atoms with E-state index in [1.54, 1.807) is 18.3 Å². The van der Waals surface area contributed by atoms with Gasteiger partial charge in [0.25, 0.3) is 0 Å². The molecule has 0 spiro atoms. The van der Waals surface area contributed by atoms with E-state index in [-0.39, 0.29) is 17.7 Å². The molecule has 0 unspecified atom stereocenters. The number of carbonyl (C=O) groups excluding carboxylic acids is 2. The van der Waals surface area contributed by atoms with Crippen molar-refractivity contribution in [1.29, 1.82) is 0 Å². The van der Waals surface area contributed by atoms with Crippen LogP contribution in [-0.2, 0) is 9.59 Å². The Bertz CT molecular complexity index is 710. The Balaban J connectivity index is 1.42. The van der Waals surface area contributed by atoms with Gasteiger partial charge in [-0.3, -0.25) is 9.59 Å². The minimum atomic E-state index is -0.452. The number of anilines is 2. The molecule has 2 heterocycles. The predicted octanol–water partition coefficient (Wildman–Crippen LogP) is 3.11. The summed E-state index contributed by atoms with van der Waals surface area (Å²) in [6.45, 7) is 0. The molecule has 0 aromatic carbocycles. The van der Waals surface area contributed by atoms with Crippen molar-refractivity contribution in [3.05, 3.63) is 18.3 Å². The molecule has 0 bridgehead atoms. The Morgan fingerprint density at radius 2 is 2.04 bits per heavy atom. The van der Waals surface area contributed by atoms with Gasteiger partial charge in [-0.2, -0.15) is 10.2 Å². The number of rotatable bonds is 8. The molecule has 130 valence electrons. The largest absolute Gasteiger partial charge is 0.324 e. The van der Waals surface area contributed by atoms with Gasteiger partial charge in [0.05, 0.1) is 11.9 Å². The lowest BCUT2D eigenvalue weighted by Crippen LogP contribution is -2.28. The molecule has 1 saturated carbocycles. The monoisotopic (exact) mass is 339 g/mol. The maximum atomic E-state index is 12.0. The molecular formula is C18H21N5O2. The van der Waals surface area contributed by atoms with Crippen molar-refractivity contribution in [2.24, 2.45) is 16.1 Å². The van der Waals surface area contributed by atoms with E-state index < -0.39 is 5.66 Å². The molecule has 7 heteroatoms. The van der Waals surface area contributed by atoms with Gasteiger partial charge in [-0.05, 0) is 25.0 Å². The van der Waals surface area contributed by atoms with Crippen LogP contribution in [0, 0.1) is 18.3 Å². The van der Waals surface area contributed by atoms with Gasteiger partial charge < -0.3 is 10.6 Å². The van der Waals surface area contributed by atoms with Gasteiger partial charge in [0.1, 0.15) is 5.82 Å².